The fraction of sp³-hybridized carbons (Fsp3) is 0.655. The quantitative estimate of drug-likeness (QED) is 0.533. The number of nitrogens with zero attached hydrogens (tertiary/aromatic N) is 5. The minimum Gasteiger partial charge on any atom is -0.465 e. The average Bonchev–Trinajstić information content (AvgIpc) is 3.42. The van der Waals surface area contributed by atoms with Gasteiger partial charge >= 0.3 is 11.8 Å². The summed E-state index contributed by atoms with van der Waals surface area (Å²) < 4.78 is 9.43. The SMILES string of the molecule is Cn1c(=O)n(C2CCC(=O)NC2=O)c2ccc(N3CCN(CC4COC5(C4)CN(C(=O)O)C5C(C)(C)C)CC3)cc21. The number of fused-ring (bicyclic) bond motifs is 1. The topological polar surface area (TPSA) is 129 Å². The summed E-state index contributed by atoms with van der Waals surface area (Å²) in [6.07, 6.45) is 0.542. The summed E-state index contributed by atoms with van der Waals surface area (Å²) in [4.78, 5) is 55.3. The van der Waals surface area contributed by atoms with Crippen LogP contribution in [-0.2, 0) is 21.4 Å². The summed E-state index contributed by atoms with van der Waals surface area (Å²) in [5.41, 5.74) is 1.66. The zero-order valence-corrected chi connectivity index (χ0v) is 24.3. The van der Waals surface area contributed by atoms with E-state index in [1.54, 1.807) is 11.6 Å². The van der Waals surface area contributed by atoms with Crippen molar-refractivity contribution in [3.05, 3.63) is 28.7 Å². The third-order valence-electron chi connectivity index (χ3n) is 9.40. The lowest BCUT2D eigenvalue weighted by Crippen LogP contribution is -2.74. The first-order chi connectivity index (χ1) is 19.4. The Morgan fingerprint density at radius 1 is 1.12 bits per heavy atom. The van der Waals surface area contributed by atoms with Crippen LogP contribution in [0, 0.1) is 11.3 Å². The third-order valence-corrected chi connectivity index (χ3v) is 9.40. The zero-order chi connectivity index (χ0) is 29.3. The first kappa shape index (κ1) is 27.8. The second kappa shape index (κ2) is 9.87. The first-order valence-corrected chi connectivity index (χ1v) is 14.5. The van der Waals surface area contributed by atoms with E-state index in [4.69, 9.17) is 4.74 Å². The van der Waals surface area contributed by atoms with Gasteiger partial charge in [-0.05, 0) is 42.4 Å². The highest BCUT2D eigenvalue weighted by Crippen LogP contribution is 2.50. The van der Waals surface area contributed by atoms with Crippen LogP contribution in [0.25, 0.3) is 11.0 Å². The van der Waals surface area contributed by atoms with E-state index in [1.807, 2.05) is 18.2 Å². The van der Waals surface area contributed by atoms with E-state index in [0.717, 1.165) is 50.3 Å². The molecule has 222 valence electrons. The van der Waals surface area contributed by atoms with Gasteiger partial charge in [0.1, 0.15) is 11.6 Å². The van der Waals surface area contributed by atoms with Gasteiger partial charge in [-0.3, -0.25) is 33.8 Å². The van der Waals surface area contributed by atoms with Crippen molar-refractivity contribution < 1.29 is 24.2 Å². The third kappa shape index (κ3) is 4.70. The lowest BCUT2D eigenvalue weighted by atomic mass is 9.67. The van der Waals surface area contributed by atoms with Gasteiger partial charge in [-0.25, -0.2) is 9.59 Å². The number of carbonyl (C=O) groups excluding carboxylic acids is 2. The van der Waals surface area contributed by atoms with Crippen LogP contribution in [-0.4, -0.2) is 99.5 Å². The summed E-state index contributed by atoms with van der Waals surface area (Å²) in [6, 6.07) is 5.10. The molecule has 4 atom stereocenters. The van der Waals surface area contributed by atoms with Gasteiger partial charge in [0.25, 0.3) is 0 Å². The minimum atomic E-state index is -0.871. The molecule has 1 aromatic heterocycles. The van der Waals surface area contributed by atoms with Crippen LogP contribution in [0.2, 0.25) is 0 Å². The second-order valence-electron chi connectivity index (χ2n) is 13.3. The lowest BCUT2D eigenvalue weighted by Gasteiger charge is -2.58. The molecular weight excluding hydrogens is 528 g/mol. The van der Waals surface area contributed by atoms with E-state index in [9.17, 15) is 24.3 Å². The predicted molar refractivity (Wildman–Crippen MR) is 152 cm³/mol. The van der Waals surface area contributed by atoms with Crippen LogP contribution in [0.3, 0.4) is 0 Å². The molecule has 4 aliphatic rings. The average molecular weight is 569 g/mol. The number of imidazole rings is 1. The summed E-state index contributed by atoms with van der Waals surface area (Å²) >= 11 is 0. The van der Waals surface area contributed by atoms with Crippen molar-refractivity contribution in [1.82, 2.24) is 24.3 Å². The Morgan fingerprint density at radius 2 is 1.85 bits per heavy atom. The van der Waals surface area contributed by atoms with E-state index in [-0.39, 0.29) is 35.1 Å². The Hall–Kier alpha value is -3.38. The van der Waals surface area contributed by atoms with E-state index in [1.165, 1.54) is 9.47 Å². The number of imide groups is 1. The van der Waals surface area contributed by atoms with E-state index >= 15 is 0 Å². The number of aryl methyl sites for hydroxylation is 1. The van der Waals surface area contributed by atoms with Gasteiger partial charge in [0.15, 0.2) is 0 Å². The van der Waals surface area contributed by atoms with Crippen molar-refractivity contribution in [3.8, 4) is 0 Å². The largest absolute Gasteiger partial charge is 0.465 e. The Labute approximate surface area is 238 Å². The number of aromatic nitrogens is 2. The number of amides is 3. The number of piperidine rings is 1. The molecule has 6 rings (SSSR count). The van der Waals surface area contributed by atoms with Gasteiger partial charge in [-0.1, -0.05) is 20.8 Å². The van der Waals surface area contributed by atoms with E-state index in [2.05, 4.69) is 35.9 Å². The molecule has 2 N–H and O–H groups in total. The van der Waals surface area contributed by atoms with E-state index in [0.29, 0.717) is 31.0 Å². The molecule has 4 unspecified atom stereocenters. The molecule has 0 bridgehead atoms. The lowest BCUT2D eigenvalue weighted by molar-refractivity contribution is -0.178. The number of carbonyl (C=O) groups is 3. The fourth-order valence-corrected chi connectivity index (χ4v) is 7.71. The van der Waals surface area contributed by atoms with Crippen LogP contribution in [0.15, 0.2) is 23.0 Å². The van der Waals surface area contributed by atoms with Gasteiger partial charge in [-0.2, -0.15) is 0 Å². The molecule has 12 nitrogen and oxygen atoms in total. The smallest absolute Gasteiger partial charge is 0.407 e. The molecule has 2 aromatic rings. The van der Waals surface area contributed by atoms with Crippen LogP contribution in [0.4, 0.5) is 10.5 Å². The molecule has 3 amide bonds. The number of rotatable bonds is 4. The van der Waals surface area contributed by atoms with Gasteiger partial charge in [0.05, 0.1) is 30.2 Å². The van der Waals surface area contributed by atoms with Gasteiger partial charge < -0.3 is 14.7 Å². The highest BCUT2D eigenvalue weighted by molar-refractivity contribution is 6.00. The zero-order valence-electron chi connectivity index (χ0n) is 24.3. The maximum absolute atomic E-state index is 13.1. The summed E-state index contributed by atoms with van der Waals surface area (Å²) in [5, 5.41) is 12.0. The summed E-state index contributed by atoms with van der Waals surface area (Å²) in [6.45, 7) is 11.8. The van der Waals surface area contributed by atoms with Crippen LogP contribution in [0.1, 0.15) is 46.1 Å². The molecule has 4 fully saturated rings. The highest BCUT2D eigenvalue weighted by Gasteiger charge is 2.63. The number of benzene rings is 1. The molecule has 4 aliphatic heterocycles. The molecule has 5 heterocycles. The van der Waals surface area contributed by atoms with Crippen LogP contribution >= 0.6 is 0 Å². The second-order valence-corrected chi connectivity index (χ2v) is 13.3. The molecule has 0 saturated carbocycles. The number of likely N-dealkylation sites (tertiary alicyclic amines) is 1. The van der Waals surface area contributed by atoms with Crippen LogP contribution < -0.4 is 15.9 Å². The number of anilines is 1. The Kier molecular flexibility index (Phi) is 6.68. The van der Waals surface area contributed by atoms with Crippen molar-refractivity contribution in [1.29, 1.82) is 0 Å². The molecule has 0 radical (unpaired) electrons. The number of carboxylic acid groups (broad SMARTS) is 1. The minimum absolute atomic E-state index is 0.134. The molecule has 4 saturated heterocycles. The van der Waals surface area contributed by atoms with Crippen molar-refractivity contribution in [2.24, 2.45) is 18.4 Å². The van der Waals surface area contributed by atoms with Crippen molar-refractivity contribution in [3.63, 3.8) is 0 Å². The first-order valence-electron chi connectivity index (χ1n) is 14.5. The monoisotopic (exact) mass is 568 g/mol. The van der Waals surface area contributed by atoms with E-state index < -0.39 is 18.0 Å². The number of hydrogen-bond donors (Lipinski definition) is 2. The van der Waals surface area contributed by atoms with Crippen molar-refractivity contribution in [2.45, 2.75) is 57.7 Å². The fourth-order valence-electron chi connectivity index (χ4n) is 7.71. The highest BCUT2D eigenvalue weighted by atomic mass is 16.5. The number of piperazine rings is 1. The molecule has 41 heavy (non-hydrogen) atoms. The number of ether oxygens (including phenoxy) is 1. The van der Waals surface area contributed by atoms with Gasteiger partial charge in [0.2, 0.25) is 11.8 Å². The standard InChI is InChI=1S/C29H40N6O6/c1-28(2,3)25-29(17-34(25)27(39)40)14-18(16-41-29)15-32-9-11-33(12-10-32)19-5-6-20-22(13-19)31(4)26(38)35(20)21-7-8-23(36)30-24(21)37/h5-6,13,18,21,25H,7-12,14-17H2,1-4H3,(H,39,40)(H,30,36,37). The van der Waals surface area contributed by atoms with Crippen molar-refractivity contribution >= 4 is 34.6 Å². The summed E-state index contributed by atoms with van der Waals surface area (Å²) in [7, 11) is 1.72. The molecular formula is C29H40N6O6. The Bertz CT molecular complexity index is 1450. The molecule has 0 aliphatic carbocycles. The Balaban J connectivity index is 1.09. The summed E-state index contributed by atoms with van der Waals surface area (Å²) in [5.74, 6) is -0.358. The molecule has 1 spiro atoms. The molecule has 12 heteroatoms. The van der Waals surface area contributed by atoms with Crippen LogP contribution in [0.5, 0.6) is 0 Å². The number of hydrogen-bond acceptors (Lipinski definition) is 7. The Morgan fingerprint density at radius 3 is 2.51 bits per heavy atom. The molecule has 1 aromatic carbocycles. The maximum atomic E-state index is 13.1. The number of nitrogens with one attached hydrogen (secondary N) is 1. The van der Waals surface area contributed by atoms with Gasteiger partial charge in [-0.15, -0.1) is 0 Å². The predicted octanol–water partition coefficient (Wildman–Crippen LogP) is 1.62. The van der Waals surface area contributed by atoms with Crippen molar-refractivity contribution in [2.75, 3.05) is 50.8 Å². The maximum Gasteiger partial charge on any atom is 0.407 e. The normalized spacial score (nSPS) is 29.3. The van der Waals surface area contributed by atoms with Gasteiger partial charge in [0, 0.05) is 51.9 Å².